The Hall–Kier alpha value is -2.56. The Morgan fingerprint density at radius 2 is 1.72 bits per heavy atom. The molecule has 0 aliphatic carbocycles. The van der Waals surface area contributed by atoms with Gasteiger partial charge in [-0.1, -0.05) is 13.8 Å². The molecule has 1 N–H and O–H groups in total. The molecule has 0 bridgehead atoms. The number of anilines is 2. The minimum Gasteiger partial charge on any atom is -0.494 e. The van der Waals surface area contributed by atoms with Gasteiger partial charge in [0.05, 0.1) is 24.1 Å². The average Bonchev–Trinajstić information content (AvgIpc) is 2.63. The first-order valence-corrected chi connectivity index (χ1v) is 8.92. The summed E-state index contributed by atoms with van der Waals surface area (Å²) < 4.78 is 5.44. The van der Waals surface area contributed by atoms with E-state index >= 15 is 0 Å². The van der Waals surface area contributed by atoms with Crippen LogP contribution in [0.5, 0.6) is 5.75 Å². The Bertz CT molecular complexity index is 665. The smallest absolute Gasteiger partial charge is 0.255 e. The second-order valence-corrected chi connectivity index (χ2v) is 5.84. The van der Waals surface area contributed by atoms with Gasteiger partial charge in [-0.15, -0.1) is 0 Å². The predicted octanol–water partition coefficient (Wildman–Crippen LogP) is 4.49. The van der Waals surface area contributed by atoms with Crippen molar-refractivity contribution in [1.82, 2.24) is 9.88 Å². The number of benzene rings is 1. The zero-order chi connectivity index (χ0) is 18.1. The van der Waals surface area contributed by atoms with Gasteiger partial charge >= 0.3 is 0 Å². The molecule has 0 spiro atoms. The number of rotatable bonds is 9. The van der Waals surface area contributed by atoms with Crippen molar-refractivity contribution in [3.05, 3.63) is 48.3 Å². The molecule has 0 radical (unpaired) electrons. The number of nitrogens with zero attached hydrogens (tertiary/aromatic N) is 2. The number of carbonyl (C=O) groups is 1. The number of amides is 1. The van der Waals surface area contributed by atoms with Crippen molar-refractivity contribution in [3.63, 3.8) is 0 Å². The molecule has 5 nitrogen and oxygen atoms in total. The van der Waals surface area contributed by atoms with E-state index in [1.807, 2.05) is 42.2 Å². The first-order valence-electron chi connectivity index (χ1n) is 8.92. The number of nitrogens with one attached hydrogen (secondary N) is 1. The summed E-state index contributed by atoms with van der Waals surface area (Å²) in [5.41, 5.74) is 2.33. The predicted molar refractivity (Wildman–Crippen MR) is 102 cm³/mol. The van der Waals surface area contributed by atoms with Gasteiger partial charge in [0.15, 0.2) is 0 Å². The highest BCUT2D eigenvalue weighted by molar-refractivity contribution is 5.94. The lowest BCUT2D eigenvalue weighted by atomic mass is 10.2. The monoisotopic (exact) mass is 341 g/mol. The maximum absolute atomic E-state index is 12.7. The molecule has 0 atom stereocenters. The van der Waals surface area contributed by atoms with Crippen LogP contribution in [-0.2, 0) is 0 Å². The fraction of sp³-hybridized carbons (Fsp3) is 0.400. The van der Waals surface area contributed by atoms with Crippen LogP contribution in [0.1, 0.15) is 44.0 Å². The van der Waals surface area contributed by atoms with E-state index in [4.69, 9.17) is 4.74 Å². The van der Waals surface area contributed by atoms with Gasteiger partial charge in [0.25, 0.3) is 5.91 Å². The number of aromatic nitrogens is 1. The molecule has 1 aromatic heterocycles. The van der Waals surface area contributed by atoms with E-state index < -0.39 is 0 Å². The summed E-state index contributed by atoms with van der Waals surface area (Å²) in [6.07, 6.45) is 5.24. The molecule has 1 aromatic carbocycles. The molecule has 0 aliphatic rings. The van der Waals surface area contributed by atoms with Gasteiger partial charge in [-0.3, -0.25) is 9.78 Å². The van der Waals surface area contributed by atoms with Crippen LogP contribution in [0.3, 0.4) is 0 Å². The van der Waals surface area contributed by atoms with Crippen LogP contribution >= 0.6 is 0 Å². The zero-order valence-electron chi connectivity index (χ0n) is 15.3. The third kappa shape index (κ3) is 5.48. The summed E-state index contributed by atoms with van der Waals surface area (Å²) in [6.45, 7) is 8.30. The van der Waals surface area contributed by atoms with Crippen LogP contribution in [0.4, 0.5) is 11.4 Å². The average molecular weight is 341 g/mol. The SMILES string of the molecule is CCCN(CCC)C(=O)c1cncc(Nc2ccc(OCC)cc2)c1. The van der Waals surface area contributed by atoms with Crippen molar-refractivity contribution in [1.29, 1.82) is 0 Å². The van der Waals surface area contributed by atoms with Crippen molar-refractivity contribution in [2.75, 3.05) is 25.0 Å². The molecule has 2 rings (SSSR count). The van der Waals surface area contributed by atoms with Crippen LogP contribution in [-0.4, -0.2) is 35.5 Å². The first kappa shape index (κ1) is 18.8. The van der Waals surface area contributed by atoms with E-state index in [0.717, 1.165) is 43.1 Å². The number of hydrogen-bond donors (Lipinski definition) is 1. The van der Waals surface area contributed by atoms with Gasteiger partial charge in [-0.25, -0.2) is 0 Å². The lowest BCUT2D eigenvalue weighted by Crippen LogP contribution is -2.32. The topological polar surface area (TPSA) is 54.5 Å². The Labute approximate surface area is 150 Å². The van der Waals surface area contributed by atoms with Gasteiger partial charge in [0.1, 0.15) is 5.75 Å². The van der Waals surface area contributed by atoms with E-state index in [9.17, 15) is 4.79 Å². The lowest BCUT2D eigenvalue weighted by Gasteiger charge is -2.21. The van der Waals surface area contributed by atoms with E-state index in [1.54, 1.807) is 12.4 Å². The van der Waals surface area contributed by atoms with Crippen molar-refractivity contribution >= 4 is 17.3 Å². The second-order valence-electron chi connectivity index (χ2n) is 5.84. The number of ether oxygens (including phenoxy) is 1. The van der Waals surface area contributed by atoms with Crippen LogP contribution in [0.25, 0.3) is 0 Å². The van der Waals surface area contributed by atoms with Crippen LogP contribution < -0.4 is 10.1 Å². The third-order valence-corrected chi connectivity index (χ3v) is 3.71. The summed E-state index contributed by atoms with van der Waals surface area (Å²) in [5.74, 6) is 0.872. The molecule has 0 fully saturated rings. The molecule has 0 unspecified atom stereocenters. The molecule has 1 heterocycles. The molecule has 25 heavy (non-hydrogen) atoms. The first-order chi connectivity index (χ1) is 12.2. The maximum Gasteiger partial charge on any atom is 0.255 e. The highest BCUT2D eigenvalue weighted by Crippen LogP contribution is 2.20. The van der Waals surface area contributed by atoms with Crippen molar-refractivity contribution in [2.24, 2.45) is 0 Å². The quantitative estimate of drug-likeness (QED) is 0.730. The molecule has 1 amide bonds. The molecular formula is C20H27N3O2. The third-order valence-electron chi connectivity index (χ3n) is 3.71. The normalized spacial score (nSPS) is 10.4. The van der Waals surface area contributed by atoms with Crippen LogP contribution in [0.2, 0.25) is 0 Å². The number of pyridine rings is 1. The maximum atomic E-state index is 12.7. The van der Waals surface area contributed by atoms with E-state index in [1.165, 1.54) is 0 Å². The Morgan fingerprint density at radius 1 is 1.04 bits per heavy atom. The van der Waals surface area contributed by atoms with E-state index in [2.05, 4.69) is 24.1 Å². The van der Waals surface area contributed by atoms with Gasteiger partial charge < -0.3 is 15.0 Å². The largest absolute Gasteiger partial charge is 0.494 e. The molecular weight excluding hydrogens is 314 g/mol. The standard InChI is InChI=1S/C20H27N3O2/c1-4-11-23(12-5-2)20(24)16-13-18(15-21-14-16)22-17-7-9-19(10-8-17)25-6-3/h7-10,13-15,22H,4-6,11-12H2,1-3H3. The molecule has 0 aliphatic heterocycles. The van der Waals surface area contributed by atoms with E-state index in [-0.39, 0.29) is 5.91 Å². The Kier molecular flexibility index (Phi) is 7.26. The minimum absolute atomic E-state index is 0.0338. The summed E-state index contributed by atoms with van der Waals surface area (Å²) in [7, 11) is 0. The lowest BCUT2D eigenvalue weighted by molar-refractivity contribution is 0.0755. The van der Waals surface area contributed by atoms with Crippen LogP contribution in [0, 0.1) is 0 Å². The summed E-state index contributed by atoms with van der Waals surface area (Å²) >= 11 is 0. The van der Waals surface area contributed by atoms with E-state index in [0.29, 0.717) is 12.2 Å². The molecule has 0 saturated heterocycles. The summed E-state index contributed by atoms with van der Waals surface area (Å²) in [6, 6.07) is 9.57. The fourth-order valence-corrected chi connectivity index (χ4v) is 2.63. The molecule has 2 aromatic rings. The second kappa shape index (κ2) is 9.67. The highest BCUT2D eigenvalue weighted by atomic mass is 16.5. The summed E-state index contributed by atoms with van der Waals surface area (Å²) in [4.78, 5) is 18.8. The van der Waals surface area contributed by atoms with Crippen LogP contribution in [0.15, 0.2) is 42.7 Å². The zero-order valence-corrected chi connectivity index (χ0v) is 15.3. The van der Waals surface area contributed by atoms with Gasteiger partial charge in [0, 0.05) is 25.0 Å². The summed E-state index contributed by atoms with van der Waals surface area (Å²) in [5, 5.41) is 3.28. The van der Waals surface area contributed by atoms with Gasteiger partial charge in [0.2, 0.25) is 0 Å². The van der Waals surface area contributed by atoms with Crippen molar-refractivity contribution < 1.29 is 9.53 Å². The van der Waals surface area contributed by atoms with Crippen molar-refractivity contribution in [2.45, 2.75) is 33.6 Å². The minimum atomic E-state index is 0.0338. The number of hydrogen-bond acceptors (Lipinski definition) is 4. The van der Waals surface area contributed by atoms with Gasteiger partial charge in [-0.2, -0.15) is 0 Å². The van der Waals surface area contributed by atoms with Gasteiger partial charge in [-0.05, 0) is 50.1 Å². The Morgan fingerprint density at radius 3 is 2.32 bits per heavy atom. The fourth-order valence-electron chi connectivity index (χ4n) is 2.63. The molecule has 5 heteroatoms. The molecule has 0 saturated carbocycles. The molecule has 134 valence electrons. The highest BCUT2D eigenvalue weighted by Gasteiger charge is 2.15. The number of carbonyl (C=O) groups excluding carboxylic acids is 1. The van der Waals surface area contributed by atoms with Crippen molar-refractivity contribution in [3.8, 4) is 5.75 Å². The Balaban J connectivity index is 2.10.